The minimum absolute atomic E-state index is 0.237. The molecule has 0 aliphatic carbocycles. The van der Waals surface area contributed by atoms with Crippen molar-refractivity contribution >= 4 is 0 Å². The van der Waals surface area contributed by atoms with Crippen LogP contribution in [0.1, 0.15) is 25.5 Å². The Morgan fingerprint density at radius 2 is 2.16 bits per heavy atom. The number of aliphatic hydroxyl groups excluding tert-OH is 1. The Morgan fingerprint density at radius 3 is 2.74 bits per heavy atom. The van der Waals surface area contributed by atoms with E-state index in [-0.39, 0.29) is 6.61 Å². The van der Waals surface area contributed by atoms with Crippen molar-refractivity contribution < 1.29 is 14.6 Å². The number of pyridine rings is 1. The van der Waals surface area contributed by atoms with E-state index in [0.717, 1.165) is 25.1 Å². The van der Waals surface area contributed by atoms with Crippen molar-refractivity contribution in [1.29, 1.82) is 0 Å². The molecule has 0 aliphatic rings. The number of methoxy groups -OCH3 is 2. The van der Waals surface area contributed by atoms with E-state index in [1.807, 2.05) is 0 Å². The summed E-state index contributed by atoms with van der Waals surface area (Å²) in [5.41, 5.74) is 0.834. The van der Waals surface area contributed by atoms with Gasteiger partial charge >= 0.3 is 0 Å². The maximum Gasteiger partial charge on any atom is 0.183 e. The van der Waals surface area contributed by atoms with Gasteiger partial charge in [0.1, 0.15) is 0 Å². The van der Waals surface area contributed by atoms with Crippen LogP contribution in [-0.2, 0) is 6.54 Å². The summed E-state index contributed by atoms with van der Waals surface area (Å²) in [6, 6.07) is 1.78. The van der Waals surface area contributed by atoms with E-state index >= 15 is 0 Å². The van der Waals surface area contributed by atoms with E-state index in [1.54, 1.807) is 26.5 Å². The van der Waals surface area contributed by atoms with E-state index in [1.165, 1.54) is 0 Å². The molecule has 1 aromatic rings. The molecule has 0 radical (unpaired) electrons. The van der Waals surface area contributed by atoms with Crippen molar-refractivity contribution in [2.24, 2.45) is 5.92 Å². The van der Waals surface area contributed by atoms with Crippen LogP contribution < -0.4 is 14.8 Å². The Bertz CT molecular complexity index is 372. The van der Waals surface area contributed by atoms with Gasteiger partial charge in [0.2, 0.25) is 0 Å². The molecule has 1 aromatic heterocycles. The number of hydrogen-bond acceptors (Lipinski definition) is 5. The summed E-state index contributed by atoms with van der Waals surface area (Å²) in [5, 5.41) is 12.3. The van der Waals surface area contributed by atoms with Crippen molar-refractivity contribution in [2.45, 2.75) is 26.3 Å². The van der Waals surface area contributed by atoms with Crippen molar-refractivity contribution in [2.75, 3.05) is 27.4 Å². The largest absolute Gasteiger partial charge is 0.493 e. The van der Waals surface area contributed by atoms with Crippen LogP contribution in [0.15, 0.2) is 12.3 Å². The molecule has 0 bridgehead atoms. The predicted octanol–water partition coefficient (Wildman–Crippen LogP) is 1.60. The van der Waals surface area contributed by atoms with Gasteiger partial charge in [-0.05, 0) is 18.9 Å². The highest BCUT2D eigenvalue weighted by atomic mass is 16.5. The quantitative estimate of drug-likeness (QED) is 0.712. The highest BCUT2D eigenvalue weighted by Gasteiger charge is 2.11. The second kappa shape index (κ2) is 8.72. The summed E-state index contributed by atoms with van der Waals surface area (Å²) in [4.78, 5) is 4.31. The zero-order valence-corrected chi connectivity index (χ0v) is 12.0. The summed E-state index contributed by atoms with van der Waals surface area (Å²) < 4.78 is 10.6. The highest BCUT2D eigenvalue weighted by molar-refractivity contribution is 5.42. The molecule has 0 spiro atoms. The molecule has 0 amide bonds. The van der Waals surface area contributed by atoms with Gasteiger partial charge in [0.05, 0.1) is 19.9 Å². The lowest BCUT2D eigenvalue weighted by molar-refractivity contribution is 0.251. The normalized spacial score (nSPS) is 12.2. The zero-order chi connectivity index (χ0) is 14.1. The van der Waals surface area contributed by atoms with Crippen molar-refractivity contribution in [3.63, 3.8) is 0 Å². The SMILES string of the molecule is CCC(CCO)CNCc1nccc(OC)c1OC. The molecule has 1 heterocycles. The molecule has 0 saturated heterocycles. The summed E-state index contributed by atoms with van der Waals surface area (Å²) >= 11 is 0. The second-order valence-electron chi connectivity index (χ2n) is 4.41. The molecule has 0 fully saturated rings. The van der Waals surface area contributed by atoms with Crippen LogP contribution in [0.4, 0.5) is 0 Å². The molecule has 5 heteroatoms. The number of rotatable bonds is 9. The van der Waals surface area contributed by atoms with Gasteiger partial charge in [-0.25, -0.2) is 0 Å². The molecule has 1 atom stereocenters. The Labute approximate surface area is 115 Å². The van der Waals surface area contributed by atoms with Gasteiger partial charge in [-0.3, -0.25) is 4.98 Å². The molecule has 1 rings (SSSR count). The standard InChI is InChI=1S/C14H24N2O3/c1-4-11(6-8-17)9-15-10-12-14(19-3)13(18-2)5-7-16-12/h5,7,11,15,17H,4,6,8-10H2,1-3H3. The first-order valence-electron chi connectivity index (χ1n) is 6.64. The summed E-state index contributed by atoms with van der Waals surface area (Å²) in [6.07, 6.45) is 3.59. The Balaban J connectivity index is 2.57. The Kier molecular flexibility index (Phi) is 7.22. The maximum atomic E-state index is 8.96. The van der Waals surface area contributed by atoms with E-state index in [9.17, 15) is 0 Å². The van der Waals surface area contributed by atoms with Crippen LogP contribution >= 0.6 is 0 Å². The van der Waals surface area contributed by atoms with Crippen LogP contribution in [0.3, 0.4) is 0 Å². The first kappa shape index (κ1) is 15.7. The van der Waals surface area contributed by atoms with Gasteiger partial charge in [-0.1, -0.05) is 13.3 Å². The summed E-state index contributed by atoms with van der Waals surface area (Å²) in [5.74, 6) is 1.85. The fraction of sp³-hybridized carbons (Fsp3) is 0.643. The van der Waals surface area contributed by atoms with Gasteiger partial charge in [-0.2, -0.15) is 0 Å². The molecule has 0 saturated carbocycles. The van der Waals surface area contributed by atoms with E-state index in [0.29, 0.717) is 24.0 Å². The summed E-state index contributed by atoms with van der Waals surface area (Å²) in [6.45, 7) is 3.86. The van der Waals surface area contributed by atoms with Gasteiger partial charge in [0.25, 0.3) is 0 Å². The number of nitrogens with zero attached hydrogens (tertiary/aromatic N) is 1. The summed E-state index contributed by atoms with van der Waals surface area (Å²) in [7, 11) is 3.23. The molecule has 0 aliphatic heterocycles. The van der Waals surface area contributed by atoms with Crippen molar-refractivity contribution in [3.8, 4) is 11.5 Å². The molecule has 108 valence electrons. The minimum atomic E-state index is 0.237. The molecular formula is C14H24N2O3. The first-order chi connectivity index (χ1) is 9.26. The smallest absolute Gasteiger partial charge is 0.183 e. The van der Waals surface area contributed by atoms with E-state index in [4.69, 9.17) is 14.6 Å². The highest BCUT2D eigenvalue weighted by Crippen LogP contribution is 2.28. The van der Waals surface area contributed by atoms with E-state index < -0.39 is 0 Å². The average Bonchev–Trinajstić information content (AvgIpc) is 2.45. The predicted molar refractivity (Wildman–Crippen MR) is 74.5 cm³/mol. The minimum Gasteiger partial charge on any atom is -0.493 e. The molecular weight excluding hydrogens is 244 g/mol. The Hall–Kier alpha value is -1.33. The topological polar surface area (TPSA) is 63.6 Å². The maximum absolute atomic E-state index is 8.96. The Morgan fingerprint density at radius 1 is 1.37 bits per heavy atom. The molecule has 0 aromatic carbocycles. The van der Waals surface area contributed by atoms with Crippen LogP contribution in [0.25, 0.3) is 0 Å². The van der Waals surface area contributed by atoms with Crippen molar-refractivity contribution in [3.05, 3.63) is 18.0 Å². The second-order valence-corrected chi connectivity index (χ2v) is 4.41. The van der Waals surface area contributed by atoms with E-state index in [2.05, 4.69) is 17.2 Å². The van der Waals surface area contributed by atoms with Crippen LogP contribution in [0.5, 0.6) is 11.5 Å². The lowest BCUT2D eigenvalue weighted by Gasteiger charge is -2.15. The molecule has 2 N–H and O–H groups in total. The van der Waals surface area contributed by atoms with Gasteiger partial charge in [0, 0.05) is 25.4 Å². The molecule has 1 unspecified atom stereocenters. The van der Waals surface area contributed by atoms with Crippen LogP contribution in [-0.4, -0.2) is 37.5 Å². The van der Waals surface area contributed by atoms with Crippen LogP contribution in [0, 0.1) is 5.92 Å². The molecule has 19 heavy (non-hydrogen) atoms. The van der Waals surface area contributed by atoms with Crippen molar-refractivity contribution in [1.82, 2.24) is 10.3 Å². The fourth-order valence-corrected chi connectivity index (χ4v) is 2.00. The lowest BCUT2D eigenvalue weighted by atomic mass is 10.0. The van der Waals surface area contributed by atoms with Gasteiger partial charge in [-0.15, -0.1) is 0 Å². The molecule has 5 nitrogen and oxygen atoms in total. The number of aromatic nitrogens is 1. The third kappa shape index (κ3) is 4.69. The third-order valence-electron chi connectivity index (χ3n) is 3.21. The number of aliphatic hydroxyl groups is 1. The third-order valence-corrected chi connectivity index (χ3v) is 3.21. The number of ether oxygens (including phenoxy) is 2. The monoisotopic (exact) mass is 268 g/mol. The first-order valence-corrected chi connectivity index (χ1v) is 6.64. The average molecular weight is 268 g/mol. The van der Waals surface area contributed by atoms with Crippen LogP contribution in [0.2, 0.25) is 0 Å². The zero-order valence-electron chi connectivity index (χ0n) is 12.0. The fourth-order valence-electron chi connectivity index (χ4n) is 2.00. The number of hydrogen-bond donors (Lipinski definition) is 2. The number of nitrogens with one attached hydrogen (secondary N) is 1. The lowest BCUT2D eigenvalue weighted by Crippen LogP contribution is -2.23. The van der Waals surface area contributed by atoms with Gasteiger partial charge in [0.15, 0.2) is 11.5 Å². The van der Waals surface area contributed by atoms with Gasteiger partial charge < -0.3 is 19.9 Å².